The topological polar surface area (TPSA) is 38.8 Å². The Morgan fingerprint density at radius 3 is 2.59 bits per heavy atom. The monoisotopic (exact) mass is 281 g/mol. The molecule has 1 heterocycles. The molecule has 0 bridgehead atoms. The van der Waals surface area contributed by atoms with Crippen molar-refractivity contribution in [2.75, 3.05) is 26.3 Å². The summed E-state index contributed by atoms with van der Waals surface area (Å²) in [5.74, 6) is 0.0164. The van der Waals surface area contributed by atoms with Gasteiger partial charge in [0, 0.05) is 12.5 Å². The van der Waals surface area contributed by atoms with Crippen LogP contribution in [0.3, 0.4) is 0 Å². The van der Waals surface area contributed by atoms with Crippen LogP contribution < -0.4 is 0 Å². The molecule has 1 amide bonds. The van der Waals surface area contributed by atoms with Gasteiger partial charge in [-0.25, -0.2) is 0 Å². The van der Waals surface area contributed by atoms with Crippen molar-refractivity contribution in [2.24, 2.45) is 5.92 Å². The third kappa shape index (κ3) is 4.84. The lowest BCUT2D eigenvalue weighted by Crippen LogP contribution is -2.44. The van der Waals surface area contributed by atoms with Crippen molar-refractivity contribution >= 4 is 29.1 Å². The molecule has 1 aliphatic heterocycles. The predicted molar refractivity (Wildman–Crippen MR) is 67.1 cm³/mol. The second kappa shape index (κ2) is 7.21. The van der Waals surface area contributed by atoms with Gasteiger partial charge >= 0.3 is 0 Å². The third-order valence-corrected chi connectivity index (χ3v) is 2.72. The summed E-state index contributed by atoms with van der Waals surface area (Å²) in [7, 11) is 0. The Hall–Kier alpha value is -0.290. The average Bonchev–Trinajstić information content (AvgIpc) is 2.30. The number of carbonyl (C=O) groups excluding carboxylic acids is 1. The molecule has 1 saturated heterocycles. The van der Waals surface area contributed by atoms with Crippen LogP contribution in [-0.4, -0.2) is 48.2 Å². The van der Waals surface area contributed by atoms with Crippen LogP contribution in [0.4, 0.5) is 0 Å². The second-order valence-corrected chi connectivity index (χ2v) is 5.13. The molecule has 0 aliphatic carbocycles. The zero-order chi connectivity index (χ0) is 12.8. The lowest BCUT2D eigenvalue weighted by Gasteiger charge is -2.31. The highest BCUT2D eigenvalue weighted by Gasteiger charge is 2.26. The van der Waals surface area contributed by atoms with Gasteiger partial charge in [0.1, 0.15) is 0 Å². The molecule has 1 aliphatic rings. The SMILES string of the molecule is C=CCN(CC1OCC(C)CO1)C(=O)C(Cl)Cl. The van der Waals surface area contributed by atoms with E-state index in [0.717, 1.165) is 0 Å². The van der Waals surface area contributed by atoms with E-state index in [9.17, 15) is 4.79 Å². The van der Waals surface area contributed by atoms with Crippen molar-refractivity contribution < 1.29 is 14.3 Å². The molecule has 0 aromatic heterocycles. The lowest BCUT2D eigenvalue weighted by molar-refractivity contribution is -0.204. The summed E-state index contributed by atoms with van der Waals surface area (Å²) in [4.78, 5) is 12.1. The zero-order valence-electron chi connectivity index (χ0n) is 9.77. The van der Waals surface area contributed by atoms with Gasteiger partial charge in [0.05, 0.1) is 19.8 Å². The maximum absolute atomic E-state index is 11.7. The number of rotatable bonds is 5. The summed E-state index contributed by atoms with van der Waals surface area (Å²) >= 11 is 11.1. The van der Waals surface area contributed by atoms with Gasteiger partial charge in [-0.3, -0.25) is 4.79 Å². The number of nitrogens with zero attached hydrogens (tertiary/aromatic N) is 1. The van der Waals surface area contributed by atoms with Crippen molar-refractivity contribution in [2.45, 2.75) is 18.1 Å². The molecule has 0 spiro atoms. The number of alkyl halides is 2. The summed E-state index contributed by atoms with van der Waals surface area (Å²) in [5, 5.41) is 0. The van der Waals surface area contributed by atoms with Crippen LogP contribution in [0.15, 0.2) is 12.7 Å². The maximum atomic E-state index is 11.7. The molecule has 1 fully saturated rings. The van der Waals surface area contributed by atoms with Gasteiger partial charge in [0.2, 0.25) is 0 Å². The molecule has 0 radical (unpaired) electrons. The molecular formula is C11H17Cl2NO3. The average molecular weight is 282 g/mol. The van der Waals surface area contributed by atoms with E-state index in [0.29, 0.717) is 32.2 Å². The van der Waals surface area contributed by atoms with Gasteiger partial charge in [-0.1, -0.05) is 36.2 Å². The Kier molecular flexibility index (Phi) is 6.27. The van der Waals surface area contributed by atoms with Gasteiger partial charge in [-0.05, 0) is 0 Å². The van der Waals surface area contributed by atoms with Gasteiger partial charge in [-0.15, -0.1) is 6.58 Å². The van der Waals surface area contributed by atoms with Gasteiger partial charge in [-0.2, -0.15) is 0 Å². The highest BCUT2D eigenvalue weighted by atomic mass is 35.5. The first-order valence-corrected chi connectivity index (χ1v) is 6.33. The Bertz CT molecular complexity index is 265. The molecule has 0 atom stereocenters. The van der Waals surface area contributed by atoms with E-state index in [1.54, 1.807) is 6.08 Å². The smallest absolute Gasteiger partial charge is 0.256 e. The summed E-state index contributed by atoms with van der Waals surface area (Å²) in [6.45, 7) is 7.57. The highest BCUT2D eigenvalue weighted by molar-refractivity contribution is 6.53. The van der Waals surface area contributed by atoms with Crippen molar-refractivity contribution in [3.05, 3.63) is 12.7 Å². The molecule has 0 aromatic carbocycles. The van der Waals surface area contributed by atoms with E-state index in [2.05, 4.69) is 6.58 Å². The quantitative estimate of drug-likeness (QED) is 0.570. The Morgan fingerprint density at radius 2 is 2.12 bits per heavy atom. The number of ether oxygens (including phenoxy) is 2. The summed E-state index contributed by atoms with van der Waals surface area (Å²) < 4.78 is 10.9. The first-order valence-electron chi connectivity index (χ1n) is 5.45. The van der Waals surface area contributed by atoms with Crippen LogP contribution in [-0.2, 0) is 14.3 Å². The van der Waals surface area contributed by atoms with Crippen molar-refractivity contribution in [3.8, 4) is 0 Å². The molecule has 0 N–H and O–H groups in total. The minimum atomic E-state index is -1.07. The molecule has 0 unspecified atom stereocenters. The first kappa shape index (κ1) is 14.8. The zero-order valence-corrected chi connectivity index (χ0v) is 11.3. The van der Waals surface area contributed by atoms with E-state index in [1.807, 2.05) is 6.92 Å². The molecule has 1 rings (SSSR count). The summed E-state index contributed by atoms with van der Waals surface area (Å²) in [6, 6.07) is 0. The third-order valence-electron chi connectivity index (χ3n) is 2.35. The van der Waals surface area contributed by atoms with E-state index in [-0.39, 0.29) is 5.91 Å². The van der Waals surface area contributed by atoms with E-state index < -0.39 is 11.1 Å². The molecule has 17 heavy (non-hydrogen) atoms. The van der Waals surface area contributed by atoms with Gasteiger partial charge < -0.3 is 14.4 Å². The van der Waals surface area contributed by atoms with Gasteiger partial charge in [0.25, 0.3) is 5.91 Å². The molecule has 0 saturated carbocycles. The predicted octanol–water partition coefficient (Wildman–Crippen LogP) is 1.81. The van der Waals surface area contributed by atoms with Crippen LogP contribution >= 0.6 is 23.2 Å². The fraction of sp³-hybridized carbons (Fsp3) is 0.727. The van der Waals surface area contributed by atoms with Crippen LogP contribution in [0.1, 0.15) is 6.92 Å². The van der Waals surface area contributed by atoms with E-state index >= 15 is 0 Å². The van der Waals surface area contributed by atoms with E-state index in [1.165, 1.54) is 4.90 Å². The van der Waals surface area contributed by atoms with Crippen LogP contribution in [0.25, 0.3) is 0 Å². The van der Waals surface area contributed by atoms with Crippen molar-refractivity contribution in [3.63, 3.8) is 0 Å². The number of carbonyl (C=O) groups is 1. The van der Waals surface area contributed by atoms with Crippen molar-refractivity contribution in [1.29, 1.82) is 0 Å². The molecule has 6 heteroatoms. The number of amides is 1. The van der Waals surface area contributed by atoms with Crippen LogP contribution in [0, 0.1) is 5.92 Å². The second-order valence-electron chi connectivity index (χ2n) is 4.03. The first-order chi connectivity index (χ1) is 8.04. The number of hydrogen-bond donors (Lipinski definition) is 0. The van der Waals surface area contributed by atoms with Crippen molar-refractivity contribution in [1.82, 2.24) is 4.90 Å². The fourth-order valence-electron chi connectivity index (χ4n) is 1.47. The Morgan fingerprint density at radius 1 is 1.53 bits per heavy atom. The standard InChI is InChI=1S/C11H17Cl2NO3/c1-3-4-14(11(15)10(12)13)5-9-16-6-8(2)7-17-9/h3,8-10H,1,4-7H2,2H3. The molecule has 0 aromatic rings. The largest absolute Gasteiger partial charge is 0.350 e. The Labute approximate surface area is 111 Å². The molecular weight excluding hydrogens is 265 g/mol. The van der Waals surface area contributed by atoms with Crippen LogP contribution in [0.2, 0.25) is 0 Å². The summed E-state index contributed by atoms with van der Waals surface area (Å²) in [5.41, 5.74) is 0. The van der Waals surface area contributed by atoms with E-state index in [4.69, 9.17) is 32.7 Å². The minimum Gasteiger partial charge on any atom is -0.350 e. The lowest BCUT2D eigenvalue weighted by atomic mass is 10.2. The Balaban J connectivity index is 2.48. The molecule has 98 valence electrons. The van der Waals surface area contributed by atoms with Gasteiger partial charge in [0.15, 0.2) is 11.1 Å². The minimum absolute atomic E-state index is 0.313. The maximum Gasteiger partial charge on any atom is 0.256 e. The highest BCUT2D eigenvalue weighted by Crippen LogP contribution is 2.14. The molecule has 4 nitrogen and oxygen atoms in total. The fourth-order valence-corrected chi connectivity index (χ4v) is 1.75. The summed E-state index contributed by atoms with van der Waals surface area (Å²) in [6.07, 6.45) is 1.20. The van der Waals surface area contributed by atoms with Crippen LogP contribution in [0.5, 0.6) is 0 Å². The normalized spacial score (nSPS) is 24.7. The number of hydrogen-bond acceptors (Lipinski definition) is 3. The number of halogens is 2.